The molecule has 0 saturated heterocycles. The van der Waals surface area contributed by atoms with Gasteiger partial charge in [0.05, 0.1) is 12.6 Å². The lowest BCUT2D eigenvalue weighted by atomic mass is 9.97. The Morgan fingerprint density at radius 2 is 1.60 bits per heavy atom. The fourth-order valence-electron chi connectivity index (χ4n) is 2.35. The molecule has 3 heteroatoms. The molecule has 0 heterocycles. The number of rotatable bonds is 6. The van der Waals surface area contributed by atoms with E-state index in [4.69, 9.17) is 4.74 Å². The number of methoxy groups -OCH3 is 1. The highest BCUT2D eigenvalue weighted by Crippen LogP contribution is 2.27. The van der Waals surface area contributed by atoms with Gasteiger partial charge in [-0.05, 0) is 30.3 Å². The lowest BCUT2D eigenvalue weighted by molar-refractivity contribution is 0.148. The Labute approximate surface area is 119 Å². The quantitative estimate of drug-likeness (QED) is 0.799. The molecule has 0 N–H and O–H groups in total. The summed E-state index contributed by atoms with van der Waals surface area (Å²) in [7, 11) is 3.75. The Bertz CT molecular complexity index is 512. The van der Waals surface area contributed by atoms with Crippen LogP contribution in [0.1, 0.15) is 17.2 Å². The summed E-state index contributed by atoms with van der Waals surface area (Å²) in [5.41, 5.74) is 2.27. The molecule has 2 aromatic rings. The number of ether oxygens (including phenoxy) is 1. The van der Waals surface area contributed by atoms with Crippen LogP contribution in [0.4, 0.5) is 4.39 Å². The topological polar surface area (TPSA) is 12.5 Å². The van der Waals surface area contributed by atoms with Gasteiger partial charge >= 0.3 is 0 Å². The molecule has 0 spiro atoms. The predicted molar refractivity (Wildman–Crippen MR) is 79.2 cm³/mol. The first kappa shape index (κ1) is 14.7. The number of nitrogens with zero attached hydrogens (tertiary/aromatic N) is 1. The SMILES string of the molecule is COCCN(C)C(c1ccccc1)c1ccc(F)cc1. The highest BCUT2D eigenvalue weighted by molar-refractivity contribution is 5.31. The normalized spacial score (nSPS) is 12.6. The van der Waals surface area contributed by atoms with Crippen molar-refractivity contribution in [3.8, 4) is 0 Å². The van der Waals surface area contributed by atoms with Crippen LogP contribution < -0.4 is 0 Å². The lowest BCUT2D eigenvalue weighted by Gasteiger charge is -2.28. The zero-order chi connectivity index (χ0) is 14.4. The van der Waals surface area contributed by atoms with Gasteiger partial charge in [-0.1, -0.05) is 42.5 Å². The van der Waals surface area contributed by atoms with Gasteiger partial charge in [0, 0.05) is 13.7 Å². The number of benzene rings is 2. The van der Waals surface area contributed by atoms with E-state index in [-0.39, 0.29) is 11.9 Å². The summed E-state index contributed by atoms with van der Waals surface area (Å²) in [5, 5.41) is 0. The van der Waals surface area contributed by atoms with Gasteiger partial charge in [0.2, 0.25) is 0 Å². The Kier molecular flexibility index (Phi) is 5.27. The summed E-state index contributed by atoms with van der Waals surface area (Å²) < 4.78 is 18.3. The molecular weight excluding hydrogens is 253 g/mol. The summed E-state index contributed by atoms with van der Waals surface area (Å²) >= 11 is 0. The van der Waals surface area contributed by atoms with Crippen LogP contribution in [0.2, 0.25) is 0 Å². The van der Waals surface area contributed by atoms with E-state index in [9.17, 15) is 4.39 Å². The van der Waals surface area contributed by atoms with E-state index in [1.54, 1.807) is 7.11 Å². The third-order valence-corrected chi connectivity index (χ3v) is 3.39. The molecule has 0 radical (unpaired) electrons. The molecule has 0 aliphatic carbocycles. The van der Waals surface area contributed by atoms with Gasteiger partial charge in [0.15, 0.2) is 0 Å². The van der Waals surface area contributed by atoms with Gasteiger partial charge in [-0.3, -0.25) is 4.90 Å². The van der Waals surface area contributed by atoms with Crippen LogP contribution in [0.3, 0.4) is 0 Å². The molecule has 2 aromatic carbocycles. The van der Waals surface area contributed by atoms with Crippen molar-refractivity contribution < 1.29 is 9.13 Å². The zero-order valence-corrected chi connectivity index (χ0v) is 11.9. The van der Waals surface area contributed by atoms with Crippen molar-refractivity contribution in [3.05, 3.63) is 71.5 Å². The zero-order valence-electron chi connectivity index (χ0n) is 11.9. The predicted octanol–water partition coefficient (Wildman–Crippen LogP) is 3.49. The molecule has 0 aromatic heterocycles. The molecule has 0 fully saturated rings. The van der Waals surface area contributed by atoms with E-state index in [1.807, 2.05) is 30.3 Å². The molecule has 2 nitrogen and oxygen atoms in total. The third-order valence-electron chi connectivity index (χ3n) is 3.39. The number of halogens is 1. The second kappa shape index (κ2) is 7.17. The minimum atomic E-state index is -0.208. The maximum atomic E-state index is 13.1. The first-order chi connectivity index (χ1) is 9.72. The molecule has 0 aliphatic rings. The molecule has 20 heavy (non-hydrogen) atoms. The van der Waals surface area contributed by atoms with E-state index in [0.29, 0.717) is 6.61 Å². The Morgan fingerprint density at radius 3 is 2.20 bits per heavy atom. The standard InChI is InChI=1S/C17H20FNO/c1-19(12-13-20-2)17(14-6-4-3-5-7-14)15-8-10-16(18)11-9-15/h3-11,17H,12-13H2,1-2H3. The fraction of sp³-hybridized carbons (Fsp3) is 0.294. The Balaban J connectivity index is 2.31. The molecule has 0 saturated carbocycles. The van der Waals surface area contributed by atoms with Gasteiger partial charge in [0.25, 0.3) is 0 Å². The van der Waals surface area contributed by atoms with E-state index >= 15 is 0 Å². The van der Waals surface area contributed by atoms with Crippen molar-refractivity contribution >= 4 is 0 Å². The highest BCUT2D eigenvalue weighted by Gasteiger charge is 2.18. The molecule has 1 unspecified atom stereocenters. The number of hydrogen-bond acceptors (Lipinski definition) is 2. The molecule has 0 bridgehead atoms. The van der Waals surface area contributed by atoms with Gasteiger partial charge in [-0.15, -0.1) is 0 Å². The van der Waals surface area contributed by atoms with Crippen molar-refractivity contribution in [2.24, 2.45) is 0 Å². The van der Waals surface area contributed by atoms with Crippen LogP contribution in [0.5, 0.6) is 0 Å². The summed E-state index contributed by atoms with van der Waals surface area (Å²) in [6.07, 6.45) is 0. The van der Waals surface area contributed by atoms with Crippen LogP contribution in [0.15, 0.2) is 54.6 Å². The molecule has 106 valence electrons. The monoisotopic (exact) mass is 273 g/mol. The van der Waals surface area contributed by atoms with Crippen LogP contribution in [0, 0.1) is 5.82 Å². The average molecular weight is 273 g/mol. The number of likely N-dealkylation sites (N-methyl/N-ethyl adjacent to an activating group) is 1. The van der Waals surface area contributed by atoms with E-state index in [1.165, 1.54) is 17.7 Å². The number of hydrogen-bond donors (Lipinski definition) is 0. The van der Waals surface area contributed by atoms with Gasteiger partial charge < -0.3 is 4.74 Å². The van der Waals surface area contributed by atoms with Crippen LogP contribution >= 0.6 is 0 Å². The van der Waals surface area contributed by atoms with Gasteiger partial charge in [0.1, 0.15) is 5.82 Å². The first-order valence-electron chi connectivity index (χ1n) is 6.72. The van der Waals surface area contributed by atoms with E-state index in [2.05, 4.69) is 24.1 Å². The first-order valence-corrected chi connectivity index (χ1v) is 6.72. The Morgan fingerprint density at radius 1 is 1.00 bits per heavy atom. The minimum absolute atomic E-state index is 0.104. The summed E-state index contributed by atoms with van der Waals surface area (Å²) in [6.45, 7) is 1.48. The highest BCUT2D eigenvalue weighted by atomic mass is 19.1. The lowest BCUT2D eigenvalue weighted by Crippen LogP contribution is -2.28. The minimum Gasteiger partial charge on any atom is -0.383 e. The van der Waals surface area contributed by atoms with Gasteiger partial charge in [-0.2, -0.15) is 0 Å². The van der Waals surface area contributed by atoms with E-state index in [0.717, 1.165) is 12.1 Å². The second-order valence-electron chi connectivity index (χ2n) is 4.84. The van der Waals surface area contributed by atoms with E-state index < -0.39 is 0 Å². The third kappa shape index (κ3) is 3.65. The Hall–Kier alpha value is -1.71. The summed E-state index contributed by atoms with van der Waals surface area (Å²) in [5.74, 6) is -0.208. The van der Waals surface area contributed by atoms with Crippen molar-refractivity contribution in [1.82, 2.24) is 4.90 Å². The molecular formula is C17H20FNO. The molecule has 0 amide bonds. The van der Waals surface area contributed by atoms with Crippen molar-refractivity contribution in [2.75, 3.05) is 27.3 Å². The van der Waals surface area contributed by atoms with Crippen LogP contribution in [0.25, 0.3) is 0 Å². The smallest absolute Gasteiger partial charge is 0.123 e. The average Bonchev–Trinajstić information content (AvgIpc) is 2.48. The summed E-state index contributed by atoms with van der Waals surface area (Å²) in [4.78, 5) is 2.21. The maximum absolute atomic E-state index is 13.1. The van der Waals surface area contributed by atoms with Crippen molar-refractivity contribution in [1.29, 1.82) is 0 Å². The van der Waals surface area contributed by atoms with Crippen LogP contribution in [-0.4, -0.2) is 32.2 Å². The molecule has 2 rings (SSSR count). The summed E-state index contributed by atoms with van der Waals surface area (Å²) in [6, 6.07) is 17.0. The van der Waals surface area contributed by atoms with Crippen molar-refractivity contribution in [2.45, 2.75) is 6.04 Å². The molecule has 0 aliphatic heterocycles. The fourth-order valence-corrected chi connectivity index (χ4v) is 2.35. The second-order valence-corrected chi connectivity index (χ2v) is 4.84. The van der Waals surface area contributed by atoms with Gasteiger partial charge in [-0.25, -0.2) is 4.39 Å². The maximum Gasteiger partial charge on any atom is 0.123 e. The molecule has 1 atom stereocenters. The largest absolute Gasteiger partial charge is 0.383 e. The van der Waals surface area contributed by atoms with Crippen LogP contribution in [-0.2, 0) is 4.74 Å². The van der Waals surface area contributed by atoms with Crippen molar-refractivity contribution in [3.63, 3.8) is 0 Å².